The van der Waals surface area contributed by atoms with Gasteiger partial charge in [0, 0.05) is 22.0 Å². The first-order chi connectivity index (χ1) is 17.9. The van der Waals surface area contributed by atoms with Crippen molar-refractivity contribution in [2.24, 2.45) is 11.3 Å². The second kappa shape index (κ2) is 11.6. The molecule has 9 heteroatoms. The van der Waals surface area contributed by atoms with E-state index < -0.39 is 27.3 Å². The van der Waals surface area contributed by atoms with Crippen molar-refractivity contribution in [1.82, 2.24) is 4.90 Å². The summed E-state index contributed by atoms with van der Waals surface area (Å²) in [6.45, 7) is 3.66. The molecule has 1 aliphatic heterocycles. The number of piperidine rings is 1. The molecule has 2 aromatic carbocycles. The Kier molecular flexibility index (Phi) is 8.80. The van der Waals surface area contributed by atoms with Crippen LogP contribution in [-0.4, -0.2) is 47.8 Å². The molecule has 0 radical (unpaired) electrons. The number of carboxylic acids is 1. The summed E-state index contributed by atoms with van der Waals surface area (Å²) in [4.78, 5) is 28.0. The van der Waals surface area contributed by atoms with Crippen LogP contribution in [0.25, 0.3) is 0 Å². The number of hydrogen-bond donors (Lipinski definition) is 1. The predicted octanol–water partition coefficient (Wildman–Crippen LogP) is 6.53. The summed E-state index contributed by atoms with van der Waals surface area (Å²) in [6.07, 6.45) is 2.75. The highest BCUT2D eigenvalue weighted by molar-refractivity contribution is 7.91. The second-order valence-corrected chi connectivity index (χ2v) is 14.2. The van der Waals surface area contributed by atoms with Gasteiger partial charge in [0.1, 0.15) is 0 Å². The average molecular weight is 581 g/mol. The van der Waals surface area contributed by atoms with Crippen LogP contribution in [0.5, 0.6) is 0 Å². The van der Waals surface area contributed by atoms with E-state index in [1.54, 1.807) is 30.0 Å². The summed E-state index contributed by atoms with van der Waals surface area (Å²) in [6, 6.07) is 14.0. The molecule has 4 rings (SSSR count). The lowest BCUT2D eigenvalue weighted by molar-refractivity contribution is -0.160. The topological polar surface area (TPSA) is 91.8 Å². The average Bonchev–Trinajstić information content (AvgIpc) is 3.65. The lowest BCUT2D eigenvalue weighted by atomic mass is 9.67. The number of carbonyl (C=O) groups excluding carboxylic acids is 1. The molecular formula is C29H35Cl2NO5S. The van der Waals surface area contributed by atoms with Gasteiger partial charge in [-0.1, -0.05) is 61.3 Å². The number of hydrogen-bond acceptors (Lipinski definition) is 4. The van der Waals surface area contributed by atoms with Gasteiger partial charge in [0.25, 0.3) is 0 Å². The van der Waals surface area contributed by atoms with Crippen LogP contribution in [0.4, 0.5) is 0 Å². The van der Waals surface area contributed by atoms with Gasteiger partial charge in [0.2, 0.25) is 5.91 Å². The minimum Gasteiger partial charge on any atom is -0.481 e. The van der Waals surface area contributed by atoms with E-state index >= 15 is 0 Å². The molecule has 0 bridgehead atoms. The van der Waals surface area contributed by atoms with Crippen molar-refractivity contribution < 1.29 is 23.1 Å². The van der Waals surface area contributed by atoms with Gasteiger partial charge in [0.15, 0.2) is 9.84 Å². The van der Waals surface area contributed by atoms with Gasteiger partial charge in [0.05, 0.1) is 29.4 Å². The summed E-state index contributed by atoms with van der Waals surface area (Å²) in [5, 5.41) is 10.9. The lowest BCUT2D eigenvalue weighted by Crippen LogP contribution is -2.56. The number of carbonyl (C=O) groups is 2. The molecule has 1 N–H and O–H groups in total. The normalized spacial score (nSPS) is 24.8. The number of benzene rings is 2. The van der Waals surface area contributed by atoms with E-state index in [0.717, 1.165) is 24.0 Å². The van der Waals surface area contributed by atoms with Gasteiger partial charge in [-0.2, -0.15) is 0 Å². The molecule has 2 aliphatic rings. The van der Waals surface area contributed by atoms with Crippen molar-refractivity contribution in [1.29, 1.82) is 0 Å². The van der Waals surface area contributed by atoms with E-state index in [1.807, 2.05) is 37.3 Å². The smallest absolute Gasteiger partial charge is 0.304 e. The van der Waals surface area contributed by atoms with Crippen molar-refractivity contribution in [2.75, 3.05) is 11.5 Å². The number of amides is 1. The van der Waals surface area contributed by atoms with Crippen molar-refractivity contribution in [3.05, 3.63) is 69.7 Å². The van der Waals surface area contributed by atoms with E-state index in [1.165, 1.54) is 0 Å². The second-order valence-electron chi connectivity index (χ2n) is 11.1. The Hall–Kier alpha value is -2.09. The lowest BCUT2D eigenvalue weighted by Gasteiger charge is -2.52. The summed E-state index contributed by atoms with van der Waals surface area (Å²) >= 11 is 12.6. The molecule has 2 fully saturated rings. The molecule has 38 heavy (non-hydrogen) atoms. The maximum Gasteiger partial charge on any atom is 0.304 e. The van der Waals surface area contributed by atoms with Crippen LogP contribution in [-0.2, 0) is 19.4 Å². The molecule has 1 heterocycles. The van der Waals surface area contributed by atoms with Gasteiger partial charge < -0.3 is 10.0 Å². The first kappa shape index (κ1) is 28.9. The van der Waals surface area contributed by atoms with Gasteiger partial charge >= 0.3 is 5.97 Å². The monoisotopic (exact) mass is 579 g/mol. The van der Waals surface area contributed by atoms with Crippen LogP contribution in [0, 0.1) is 11.3 Å². The molecule has 4 atom stereocenters. The Balaban J connectivity index is 1.80. The summed E-state index contributed by atoms with van der Waals surface area (Å²) in [5.41, 5.74) is 0.606. The van der Waals surface area contributed by atoms with Crippen molar-refractivity contribution >= 4 is 44.9 Å². The molecule has 1 saturated carbocycles. The van der Waals surface area contributed by atoms with Gasteiger partial charge in [-0.05, 0) is 73.4 Å². The fraction of sp³-hybridized carbons (Fsp3) is 0.517. The highest BCUT2D eigenvalue weighted by Gasteiger charge is 2.52. The third-order valence-corrected chi connectivity index (χ3v) is 10.3. The minimum absolute atomic E-state index is 0.00337. The number of halogens is 2. The van der Waals surface area contributed by atoms with Crippen LogP contribution < -0.4 is 0 Å². The van der Waals surface area contributed by atoms with E-state index in [0.29, 0.717) is 29.3 Å². The van der Waals surface area contributed by atoms with E-state index in [-0.39, 0.29) is 41.7 Å². The summed E-state index contributed by atoms with van der Waals surface area (Å²) in [7, 11) is -3.25. The molecule has 1 aliphatic carbocycles. The van der Waals surface area contributed by atoms with Crippen LogP contribution >= 0.6 is 23.2 Å². The first-order valence-corrected chi connectivity index (χ1v) is 15.8. The predicted molar refractivity (Wildman–Crippen MR) is 150 cm³/mol. The Bertz CT molecular complexity index is 1280. The maximum absolute atomic E-state index is 14.3. The van der Waals surface area contributed by atoms with E-state index in [2.05, 4.69) is 0 Å². The number of rotatable bonds is 11. The number of aliphatic carboxylic acids is 1. The number of likely N-dealkylation sites (tertiary alicyclic amines) is 1. The summed E-state index contributed by atoms with van der Waals surface area (Å²) < 4.78 is 25.7. The fourth-order valence-electron chi connectivity index (χ4n) is 5.86. The molecule has 1 unspecified atom stereocenters. The third kappa shape index (κ3) is 6.72. The van der Waals surface area contributed by atoms with Crippen molar-refractivity contribution in [3.8, 4) is 0 Å². The van der Waals surface area contributed by atoms with Crippen LogP contribution in [0.3, 0.4) is 0 Å². The van der Waals surface area contributed by atoms with Crippen molar-refractivity contribution in [3.63, 3.8) is 0 Å². The minimum atomic E-state index is -3.25. The SMILES string of the molecule is CCC(CCS(=O)(=O)CC1CC1)N1C(=O)[C@@](C)(CC(=O)O)C[C@H](c2cccc(Cl)c2)[C@H]1c1ccc(Cl)cc1. The summed E-state index contributed by atoms with van der Waals surface area (Å²) in [5.74, 6) is -1.12. The quantitative estimate of drug-likeness (QED) is 0.327. The number of carboxylic acid groups (broad SMARTS) is 1. The Morgan fingerprint density at radius 3 is 2.37 bits per heavy atom. The maximum atomic E-state index is 14.3. The van der Waals surface area contributed by atoms with E-state index in [9.17, 15) is 23.1 Å². The highest BCUT2D eigenvalue weighted by Crippen LogP contribution is 2.52. The fourth-order valence-corrected chi connectivity index (χ4v) is 8.04. The molecule has 1 amide bonds. The molecule has 0 spiro atoms. The molecule has 6 nitrogen and oxygen atoms in total. The Labute approximate surface area is 235 Å². The van der Waals surface area contributed by atoms with Gasteiger partial charge in [-0.25, -0.2) is 8.42 Å². The van der Waals surface area contributed by atoms with E-state index in [4.69, 9.17) is 23.2 Å². The Morgan fingerprint density at radius 1 is 1.11 bits per heavy atom. The third-order valence-electron chi connectivity index (χ3n) is 7.95. The number of nitrogens with zero attached hydrogens (tertiary/aromatic N) is 1. The molecular weight excluding hydrogens is 545 g/mol. The van der Waals surface area contributed by atoms with Gasteiger partial charge in [-0.3, -0.25) is 9.59 Å². The largest absolute Gasteiger partial charge is 0.481 e. The van der Waals surface area contributed by atoms with Crippen LogP contribution in [0.2, 0.25) is 10.0 Å². The standard InChI is InChI=1S/C29H35Cl2NO5S/c1-3-24(13-14-38(36,37)18-19-7-8-19)32-27(20-9-11-22(30)12-10-20)25(21-5-4-6-23(31)15-21)16-29(2,28(32)35)17-26(33)34/h4-6,9-12,15,19,24-25,27H,3,7-8,13-14,16-18H2,1-2H3,(H,33,34)/t24?,25-,27-,29-/m1/s1. The van der Waals surface area contributed by atoms with Crippen LogP contribution in [0.1, 0.15) is 75.5 Å². The molecule has 0 aromatic heterocycles. The molecule has 206 valence electrons. The van der Waals surface area contributed by atoms with Crippen LogP contribution in [0.15, 0.2) is 48.5 Å². The number of sulfone groups is 1. The zero-order valence-corrected chi connectivity index (χ0v) is 24.1. The molecule has 1 saturated heterocycles. The Morgan fingerprint density at radius 2 is 1.79 bits per heavy atom. The zero-order valence-electron chi connectivity index (χ0n) is 21.8. The first-order valence-electron chi connectivity index (χ1n) is 13.2. The highest BCUT2D eigenvalue weighted by atomic mass is 35.5. The zero-order chi connectivity index (χ0) is 27.7. The van der Waals surface area contributed by atoms with Gasteiger partial charge in [-0.15, -0.1) is 0 Å². The van der Waals surface area contributed by atoms with Crippen molar-refractivity contribution in [2.45, 2.75) is 70.4 Å². The molecule has 2 aromatic rings.